The van der Waals surface area contributed by atoms with Gasteiger partial charge in [0.25, 0.3) is 0 Å². The van der Waals surface area contributed by atoms with Crippen LogP contribution in [0.2, 0.25) is 0 Å². The van der Waals surface area contributed by atoms with Crippen LogP contribution in [0, 0.1) is 6.92 Å². The molecule has 0 spiro atoms. The van der Waals surface area contributed by atoms with Crippen molar-refractivity contribution in [3.05, 3.63) is 21.9 Å². The van der Waals surface area contributed by atoms with Gasteiger partial charge >= 0.3 is 0 Å². The Kier molecular flexibility index (Phi) is 3.73. The third-order valence-electron chi connectivity index (χ3n) is 4.53. The van der Waals surface area contributed by atoms with Crippen molar-refractivity contribution in [3.63, 3.8) is 0 Å². The number of nitrogens with zero attached hydrogens (tertiary/aromatic N) is 2. The maximum absolute atomic E-state index is 2.73. The average molecular weight is 264 g/mol. The number of aryl methyl sites for hydroxylation is 1. The minimum atomic E-state index is 0.766. The monoisotopic (exact) mass is 264 g/mol. The largest absolute Gasteiger partial charge is 0.298 e. The van der Waals surface area contributed by atoms with Crippen molar-refractivity contribution in [2.45, 2.75) is 51.7 Å². The van der Waals surface area contributed by atoms with Crippen LogP contribution >= 0.6 is 11.3 Å². The fraction of sp³-hybridized carbons (Fsp3) is 0.733. The molecule has 18 heavy (non-hydrogen) atoms. The lowest BCUT2D eigenvalue weighted by molar-refractivity contribution is 0.0444. The van der Waals surface area contributed by atoms with Gasteiger partial charge in [0, 0.05) is 41.5 Å². The average Bonchev–Trinajstić information content (AvgIpc) is 2.97. The van der Waals surface area contributed by atoms with E-state index in [0.717, 1.165) is 12.1 Å². The van der Waals surface area contributed by atoms with Crippen LogP contribution in [0.4, 0.5) is 0 Å². The molecule has 2 aliphatic rings. The molecule has 0 aliphatic carbocycles. The lowest BCUT2D eigenvalue weighted by Crippen LogP contribution is -2.55. The van der Waals surface area contributed by atoms with E-state index in [4.69, 9.17) is 0 Å². The number of hydrogen-bond acceptors (Lipinski definition) is 3. The minimum absolute atomic E-state index is 0.766. The summed E-state index contributed by atoms with van der Waals surface area (Å²) in [5.74, 6) is 0. The highest BCUT2D eigenvalue weighted by Crippen LogP contribution is 2.28. The second kappa shape index (κ2) is 5.32. The molecule has 0 bridgehead atoms. The smallest absolute Gasteiger partial charge is 0.0332 e. The maximum atomic E-state index is 2.73. The Labute approximate surface area is 115 Å². The van der Waals surface area contributed by atoms with Crippen LogP contribution in [0.5, 0.6) is 0 Å². The molecule has 2 aliphatic heterocycles. The van der Waals surface area contributed by atoms with Gasteiger partial charge in [-0.05, 0) is 44.9 Å². The van der Waals surface area contributed by atoms with Crippen molar-refractivity contribution in [2.24, 2.45) is 0 Å². The van der Waals surface area contributed by atoms with E-state index in [0.29, 0.717) is 0 Å². The van der Waals surface area contributed by atoms with Crippen LogP contribution in [-0.2, 0) is 6.54 Å². The molecule has 0 radical (unpaired) electrons. The summed E-state index contributed by atoms with van der Waals surface area (Å²) in [7, 11) is 0. The van der Waals surface area contributed by atoms with Crippen LogP contribution in [0.3, 0.4) is 0 Å². The summed E-state index contributed by atoms with van der Waals surface area (Å²) in [5, 5.41) is 0. The molecule has 1 aromatic heterocycles. The fourth-order valence-corrected chi connectivity index (χ4v) is 4.42. The number of thiophene rings is 1. The number of rotatable bonds is 3. The fourth-order valence-electron chi connectivity index (χ4n) is 3.50. The zero-order chi connectivity index (χ0) is 12.5. The summed E-state index contributed by atoms with van der Waals surface area (Å²) in [6.45, 7) is 9.64. The third-order valence-corrected chi connectivity index (χ3v) is 5.52. The SMILES string of the molecule is CCC1CN2CCCC2CN1Cc1ccc(C)s1. The lowest BCUT2D eigenvalue weighted by atomic mass is 10.1. The predicted molar refractivity (Wildman–Crippen MR) is 78.1 cm³/mol. The van der Waals surface area contributed by atoms with Gasteiger partial charge < -0.3 is 0 Å². The summed E-state index contributed by atoms with van der Waals surface area (Å²) in [4.78, 5) is 8.44. The van der Waals surface area contributed by atoms with E-state index in [2.05, 4.69) is 35.8 Å². The molecule has 2 unspecified atom stereocenters. The second-order valence-electron chi connectivity index (χ2n) is 5.79. The highest BCUT2D eigenvalue weighted by molar-refractivity contribution is 7.11. The second-order valence-corrected chi connectivity index (χ2v) is 7.17. The van der Waals surface area contributed by atoms with Crippen molar-refractivity contribution in [1.82, 2.24) is 9.80 Å². The van der Waals surface area contributed by atoms with E-state index >= 15 is 0 Å². The van der Waals surface area contributed by atoms with Crippen LogP contribution in [0.1, 0.15) is 35.9 Å². The molecular weight excluding hydrogens is 240 g/mol. The zero-order valence-corrected chi connectivity index (χ0v) is 12.4. The first-order valence-electron chi connectivity index (χ1n) is 7.29. The molecule has 0 aromatic carbocycles. The topological polar surface area (TPSA) is 6.48 Å². The van der Waals surface area contributed by atoms with Crippen LogP contribution < -0.4 is 0 Å². The van der Waals surface area contributed by atoms with Crippen LogP contribution in [0.25, 0.3) is 0 Å². The number of piperazine rings is 1. The van der Waals surface area contributed by atoms with Gasteiger partial charge in [-0.25, -0.2) is 0 Å². The molecule has 1 aromatic rings. The molecule has 2 nitrogen and oxygen atoms in total. The van der Waals surface area contributed by atoms with E-state index in [1.54, 1.807) is 0 Å². The van der Waals surface area contributed by atoms with Gasteiger partial charge in [-0.1, -0.05) is 6.92 Å². The quantitative estimate of drug-likeness (QED) is 0.827. The molecule has 0 N–H and O–H groups in total. The standard InChI is InChI=1S/C15H24N2S/c1-3-13-9-16-8-4-5-14(16)10-17(13)11-15-7-6-12(2)18-15/h6-7,13-14H,3-5,8-11H2,1-2H3. The molecule has 0 saturated carbocycles. The summed E-state index contributed by atoms with van der Waals surface area (Å²) in [6, 6.07) is 6.18. The highest BCUT2D eigenvalue weighted by Gasteiger charge is 2.35. The molecule has 3 rings (SSSR count). The van der Waals surface area contributed by atoms with Crippen molar-refractivity contribution >= 4 is 11.3 Å². The Morgan fingerprint density at radius 2 is 2.22 bits per heavy atom. The molecule has 3 heterocycles. The van der Waals surface area contributed by atoms with Gasteiger partial charge in [-0.15, -0.1) is 11.3 Å². The van der Waals surface area contributed by atoms with Gasteiger partial charge in [0.2, 0.25) is 0 Å². The molecule has 2 saturated heterocycles. The third kappa shape index (κ3) is 2.49. The molecule has 3 heteroatoms. The molecular formula is C15H24N2S. The summed E-state index contributed by atoms with van der Waals surface area (Å²) in [6.07, 6.45) is 4.11. The van der Waals surface area contributed by atoms with Gasteiger partial charge in [0.05, 0.1) is 0 Å². The van der Waals surface area contributed by atoms with Crippen molar-refractivity contribution in [1.29, 1.82) is 0 Å². The lowest BCUT2D eigenvalue weighted by Gasteiger charge is -2.43. The van der Waals surface area contributed by atoms with E-state index in [1.165, 1.54) is 55.2 Å². The molecule has 2 atom stereocenters. The summed E-state index contributed by atoms with van der Waals surface area (Å²) >= 11 is 1.96. The van der Waals surface area contributed by atoms with Crippen molar-refractivity contribution < 1.29 is 0 Å². The first-order chi connectivity index (χ1) is 8.76. The van der Waals surface area contributed by atoms with Gasteiger partial charge in [-0.3, -0.25) is 9.80 Å². The van der Waals surface area contributed by atoms with Gasteiger partial charge in [-0.2, -0.15) is 0 Å². The maximum Gasteiger partial charge on any atom is 0.0332 e. The Hall–Kier alpha value is -0.380. The Bertz CT molecular complexity index is 401. The van der Waals surface area contributed by atoms with Crippen LogP contribution in [0.15, 0.2) is 12.1 Å². The first kappa shape index (κ1) is 12.6. The Morgan fingerprint density at radius 3 is 2.94 bits per heavy atom. The highest BCUT2D eigenvalue weighted by atomic mass is 32.1. The predicted octanol–water partition coefficient (Wildman–Crippen LogP) is 3.12. The molecule has 0 amide bonds. The van der Waals surface area contributed by atoms with Crippen molar-refractivity contribution in [2.75, 3.05) is 19.6 Å². The minimum Gasteiger partial charge on any atom is -0.298 e. The van der Waals surface area contributed by atoms with Crippen LogP contribution in [-0.4, -0.2) is 41.5 Å². The number of hydrogen-bond donors (Lipinski definition) is 0. The summed E-state index contributed by atoms with van der Waals surface area (Å²) < 4.78 is 0. The molecule has 100 valence electrons. The summed E-state index contributed by atoms with van der Waals surface area (Å²) in [5.41, 5.74) is 0. The zero-order valence-electron chi connectivity index (χ0n) is 11.6. The van der Waals surface area contributed by atoms with E-state index in [-0.39, 0.29) is 0 Å². The Morgan fingerprint density at radius 1 is 1.33 bits per heavy atom. The van der Waals surface area contributed by atoms with E-state index < -0.39 is 0 Å². The molecule has 2 fully saturated rings. The normalized spacial score (nSPS) is 29.7. The van der Waals surface area contributed by atoms with E-state index in [1.807, 2.05) is 11.3 Å². The number of fused-ring (bicyclic) bond motifs is 1. The van der Waals surface area contributed by atoms with Gasteiger partial charge in [0.1, 0.15) is 0 Å². The Balaban J connectivity index is 1.69. The van der Waals surface area contributed by atoms with E-state index in [9.17, 15) is 0 Å². The first-order valence-corrected chi connectivity index (χ1v) is 8.11. The van der Waals surface area contributed by atoms with Gasteiger partial charge in [0.15, 0.2) is 0 Å². The van der Waals surface area contributed by atoms with Crippen molar-refractivity contribution in [3.8, 4) is 0 Å².